The largest absolute Gasteiger partial charge is 0.544 e. The van der Waals surface area contributed by atoms with Gasteiger partial charge in [-0.2, -0.15) is 0 Å². The molecule has 0 N–H and O–H groups in total. The van der Waals surface area contributed by atoms with Crippen molar-refractivity contribution in [2.45, 2.75) is 174 Å². The summed E-state index contributed by atoms with van der Waals surface area (Å²) in [6.07, 6.45) is 48.1. The van der Waals surface area contributed by atoms with Gasteiger partial charge in [-0.1, -0.05) is 151 Å². The zero-order chi connectivity index (χ0) is 41.4. The fourth-order valence-corrected chi connectivity index (χ4v) is 5.96. The van der Waals surface area contributed by atoms with E-state index in [0.717, 1.165) is 44.9 Å². The minimum absolute atomic E-state index is 0.00346. The molecule has 0 aromatic heterocycles. The van der Waals surface area contributed by atoms with Crippen LogP contribution in [-0.4, -0.2) is 75.5 Å². The number of quaternary nitrogens is 1. The second kappa shape index (κ2) is 38.6. The number of aliphatic carboxylic acids is 1. The van der Waals surface area contributed by atoms with Crippen molar-refractivity contribution >= 4 is 17.9 Å². The molecule has 0 amide bonds. The van der Waals surface area contributed by atoms with Crippen molar-refractivity contribution < 1.29 is 38.2 Å². The number of carboxylic acid groups (broad SMARTS) is 1. The van der Waals surface area contributed by atoms with Gasteiger partial charge in [0.2, 0.25) is 0 Å². The van der Waals surface area contributed by atoms with E-state index in [1.54, 1.807) is 27.2 Å². The van der Waals surface area contributed by atoms with Crippen LogP contribution in [-0.2, 0) is 28.6 Å². The number of esters is 2. The van der Waals surface area contributed by atoms with E-state index < -0.39 is 24.1 Å². The molecule has 0 heterocycles. The second-order valence-corrected chi connectivity index (χ2v) is 15.6. The quantitative estimate of drug-likeness (QED) is 0.0266. The molecular weight excluding hydrogens is 703 g/mol. The fraction of sp³-hybridized carbons (Fsp3) is 0.688. The van der Waals surface area contributed by atoms with Crippen molar-refractivity contribution in [3.05, 3.63) is 72.9 Å². The number of nitrogens with zero attached hydrogens (tertiary/aromatic N) is 1. The van der Waals surface area contributed by atoms with Crippen LogP contribution >= 0.6 is 0 Å². The summed E-state index contributed by atoms with van der Waals surface area (Å²) in [7, 11) is 5.37. The molecular formula is C48H81NO7. The van der Waals surface area contributed by atoms with Crippen molar-refractivity contribution in [3.63, 3.8) is 0 Å². The van der Waals surface area contributed by atoms with Crippen LogP contribution < -0.4 is 5.11 Å². The molecule has 0 rings (SSSR count). The van der Waals surface area contributed by atoms with E-state index in [0.29, 0.717) is 12.8 Å². The number of unbranched alkanes of at least 4 members (excludes halogenated alkanes) is 13. The van der Waals surface area contributed by atoms with Crippen molar-refractivity contribution in [1.82, 2.24) is 0 Å². The Hall–Kier alpha value is -3.23. The molecule has 0 aliphatic heterocycles. The fourth-order valence-electron chi connectivity index (χ4n) is 5.96. The first kappa shape index (κ1) is 52.8. The van der Waals surface area contributed by atoms with E-state index in [4.69, 9.17) is 14.2 Å². The Morgan fingerprint density at radius 2 is 1.05 bits per heavy atom. The van der Waals surface area contributed by atoms with Crippen LogP contribution in [0.15, 0.2) is 72.9 Å². The molecule has 0 aliphatic carbocycles. The molecule has 320 valence electrons. The lowest BCUT2D eigenvalue weighted by Gasteiger charge is -2.34. The number of carbonyl (C=O) groups is 3. The van der Waals surface area contributed by atoms with E-state index in [2.05, 4.69) is 74.6 Å². The Labute approximate surface area is 342 Å². The van der Waals surface area contributed by atoms with Gasteiger partial charge in [-0.3, -0.25) is 9.59 Å². The highest BCUT2D eigenvalue weighted by molar-refractivity contribution is 5.71. The maximum atomic E-state index is 12.6. The highest BCUT2D eigenvalue weighted by Crippen LogP contribution is 2.13. The molecule has 0 bridgehead atoms. The number of likely N-dealkylation sites (N-methyl/N-ethyl adjacent to an activating group) is 1. The summed E-state index contributed by atoms with van der Waals surface area (Å²) in [5.41, 5.74) is 0. The molecule has 2 unspecified atom stereocenters. The molecule has 0 spiro atoms. The molecule has 56 heavy (non-hydrogen) atoms. The maximum absolute atomic E-state index is 12.6. The molecule has 0 aromatic carbocycles. The van der Waals surface area contributed by atoms with Crippen LogP contribution in [0.5, 0.6) is 0 Å². The number of hydrogen-bond donors (Lipinski definition) is 0. The topological polar surface area (TPSA) is 102 Å². The van der Waals surface area contributed by atoms with Crippen LogP contribution in [0.1, 0.15) is 162 Å². The minimum Gasteiger partial charge on any atom is -0.544 e. The summed E-state index contributed by atoms with van der Waals surface area (Å²) >= 11 is 0. The normalized spacial score (nSPS) is 13.7. The average Bonchev–Trinajstić information content (AvgIpc) is 3.15. The first-order valence-corrected chi connectivity index (χ1v) is 22.0. The van der Waals surface area contributed by atoms with Gasteiger partial charge in [0.1, 0.15) is 12.6 Å². The zero-order valence-corrected chi connectivity index (χ0v) is 36.3. The van der Waals surface area contributed by atoms with Gasteiger partial charge in [0.05, 0.1) is 46.7 Å². The second-order valence-electron chi connectivity index (χ2n) is 15.6. The lowest BCUT2D eigenvalue weighted by Crippen LogP contribution is -2.55. The lowest BCUT2D eigenvalue weighted by molar-refractivity contribution is -0.889. The van der Waals surface area contributed by atoms with Gasteiger partial charge in [0.15, 0.2) is 6.10 Å². The Balaban J connectivity index is 4.47. The van der Waals surface area contributed by atoms with Gasteiger partial charge < -0.3 is 28.6 Å². The number of hydrogen-bond acceptors (Lipinski definition) is 7. The van der Waals surface area contributed by atoms with Gasteiger partial charge in [0.25, 0.3) is 0 Å². The number of rotatable bonds is 38. The molecule has 0 radical (unpaired) electrons. The molecule has 0 aliphatic rings. The standard InChI is InChI=1S/C48H81NO7/c1-6-8-10-12-14-16-18-20-22-23-25-26-28-30-32-34-36-38-46(50)55-43-44(42-54-41-40-45(48(52)53)49(3,4)5)56-47(51)39-37-35-33-31-29-27-24-21-19-17-15-13-11-9-7-2/h9,11,15,17,20-22,24,29,31,35,37,44-45H,6-8,10,12-14,16,18-19,23,25-28,30,32-34,36,38-43H2,1-5H3/b11-9-,17-15-,22-20-,24-21-,31-29-,37-35-. The summed E-state index contributed by atoms with van der Waals surface area (Å²) in [5.74, 6) is -1.91. The number of ether oxygens (including phenoxy) is 3. The molecule has 8 heteroatoms. The van der Waals surface area contributed by atoms with Crippen LogP contribution in [0.25, 0.3) is 0 Å². The van der Waals surface area contributed by atoms with Crippen LogP contribution in [0.4, 0.5) is 0 Å². The molecule has 0 fully saturated rings. The minimum atomic E-state index is -1.14. The molecule has 0 aromatic rings. The Kier molecular flexibility index (Phi) is 36.4. The third-order valence-electron chi connectivity index (χ3n) is 9.36. The lowest BCUT2D eigenvalue weighted by atomic mass is 10.1. The van der Waals surface area contributed by atoms with Crippen molar-refractivity contribution in [2.24, 2.45) is 0 Å². The number of carbonyl (C=O) groups excluding carboxylic acids is 3. The van der Waals surface area contributed by atoms with E-state index in [1.165, 1.54) is 77.0 Å². The van der Waals surface area contributed by atoms with Gasteiger partial charge >= 0.3 is 11.9 Å². The highest BCUT2D eigenvalue weighted by Gasteiger charge is 2.25. The van der Waals surface area contributed by atoms with E-state index in [-0.39, 0.29) is 43.1 Å². The highest BCUT2D eigenvalue weighted by atomic mass is 16.6. The summed E-state index contributed by atoms with van der Waals surface area (Å²) in [6, 6.07) is -0.745. The van der Waals surface area contributed by atoms with E-state index >= 15 is 0 Å². The summed E-state index contributed by atoms with van der Waals surface area (Å²) in [5, 5.41) is 11.6. The zero-order valence-electron chi connectivity index (χ0n) is 36.3. The van der Waals surface area contributed by atoms with E-state index in [1.807, 2.05) is 6.08 Å². The predicted octanol–water partition coefficient (Wildman–Crippen LogP) is 10.6. The van der Waals surface area contributed by atoms with Crippen LogP contribution in [0, 0.1) is 0 Å². The van der Waals surface area contributed by atoms with Gasteiger partial charge in [-0.15, -0.1) is 0 Å². The van der Waals surface area contributed by atoms with Crippen LogP contribution in [0.2, 0.25) is 0 Å². The third kappa shape index (κ3) is 36.4. The SMILES string of the molecule is CC/C=C\C/C=C\C/C=C\C/C=C\C/C=C\CC(=O)OC(COCCC(C(=O)[O-])[N+](C)(C)C)COC(=O)CCCCCCCCC/C=C\CCCCCCCC. The Morgan fingerprint density at radius 1 is 0.571 bits per heavy atom. The third-order valence-corrected chi connectivity index (χ3v) is 9.36. The Bertz CT molecular complexity index is 1140. The Morgan fingerprint density at radius 3 is 1.55 bits per heavy atom. The molecule has 8 nitrogen and oxygen atoms in total. The molecule has 0 saturated carbocycles. The first-order valence-electron chi connectivity index (χ1n) is 22.0. The summed E-state index contributed by atoms with van der Waals surface area (Å²) in [6.45, 7) is 4.42. The maximum Gasteiger partial charge on any atom is 0.310 e. The van der Waals surface area contributed by atoms with Crippen molar-refractivity contribution in [2.75, 3.05) is 41.0 Å². The monoisotopic (exact) mass is 784 g/mol. The van der Waals surface area contributed by atoms with Gasteiger partial charge in [0, 0.05) is 12.8 Å². The van der Waals surface area contributed by atoms with Crippen molar-refractivity contribution in [3.8, 4) is 0 Å². The van der Waals surface area contributed by atoms with Crippen LogP contribution in [0.3, 0.4) is 0 Å². The van der Waals surface area contributed by atoms with Crippen molar-refractivity contribution in [1.29, 1.82) is 0 Å². The van der Waals surface area contributed by atoms with E-state index in [9.17, 15) is 19.5 Å². The smallest absolute Gasteiger partial charge is 0.310 e. The predicted molar refractivity (Wildman–Crippen MR) is 231 cm³/mol. The molecule has 2 atom stereocenters. The average molecular weight is 784 g/mol. The first-order chi connectivity index (χ1) is 27.1. The summed E-state index contributed by atoms with van der Waals surface area (Å²) in [4.78, 5) is 36.8. The summed E-state index contributed by atoms with van der Waals surface area (Å²) < 4.78 is 17.0. The molecule has 0 saturated heterocycles. The van der Waals surface area contributed by atoms with Gasteiger partial charge in [-0.05, 0) is 64.2 Å². The number of allylic oxidation sites excluding steroid dienone is 11. The van der Waals surface area contributed by atoms with Gasteiger partial charge in [-0.25, -0.2) is 0 Å². The number of carboxylic acids is 1.